The van der Waals surface area contributed by atoms with Crippen LogP contribution in [0.2, 0.25) is 0 Å². The number of anilines is 2. The van der Waals surface area contributed by atoms with Crippen LogP contribution in [0, 0.1) is 0 Å². The van der Waals surface area contributed by atoms with Gasteiger partial charge in [0, 0.05) is 5.69 Å². The molecule has 0 spiro atoms. The standard InChI is InChI=1S/C20H24N2O.ClH/c1-20(14-9-15-21(2)3)17-12-7-8-13-18(17)22(19(20)23)16-10-5-4-6-11-16;/h4-8,10-13H,9,14-15H2,1-3H3;1H. The van der Waals surface area contributed by atoms with Crippen molar-refractivity contribution < 1.29 is 4.79 Å². The molecule has 1 atom stereocenters. The molecule has 0 radical (unpaired) electrons. The maximum Gasteiger partial charge on any atom is 0.241 e. The van der Waals surface area contributed by atoms with Crippen molar-refractivity contribution >= 4 is 29.7 Å². The first-order valence-electron chi connectivity index (χ1n) is 8.18. The molecule has 4 heteroatoms. The summed E-state index contributed by atoms with van der Waals surface area (Å²) < 4.78 is 0. The Labute approximate surface area is 150 Å². The van der Waals surface area contributed by atoms with Crippen molar-refractivity contribution in [3.8, 4) is 0 Å². The van der Waals surface area contributed by atoms with Crippen molar-refractivity contribution in [3.05, 3.63) is 60.2 Å². The summed E-state index contributed by atoms with van der Waals surface area (Å²) in [6, 6.07) is 18.1. The lowest BCUT2D eigenvalue weighted by Gasteiger charge is -2.25. The molecule has 0 saturated heterocycles. The van der Waals surface area contributed by atoms with E-state index in [0.29, 0.717) is 0 Å². The van der Waals surface area contributed by atoms with E-state index in [2.05, 4.69) is 38.1 Å². The van der Waals surface area contributed by atoms with Crippen LogP contribution in [-0.2, 0) is 10.2 Å². The summed E-state index contributed by atoms with van der Waals surface area (Å²) in [4.78, 5) is 17.3. The third-order valence-electron chi connectivity index (χ3n) is 4.71. The molecule has 0 fully saturated rings. The van der Waals surface area contributed by atoms with Gasteiger partial charge in [0.05, 0.1) is 11.1 Å². The Morgan fingerprint density at radius 1 is 1.00 bits per heavy atom. The second kappa shape index (κ2) is 7.37. The van der Waals surface area contributed by atoms with Crippen LogP contribution in [-0.4, -0.2) is 31.4 Å². The molecule has 24 heavy (non-hydrogen) atoms. The number of fused-ring (bicyclic) bond motifs is 1. The van der Waals surface area contributed by atoms with E-state index in [-0.39, 0.29) is 18.3 Å². The highest BCUT2D eigenvalue weighted by molar-refractivity contribution is 6.12. The van der Waals surface area contributed by atoms with Crippen LogP contribution in [0.5, 0.6) is 0 Å². The Hall–Kier alpha value is -1.84. The van der Waals surface area contributed by atoms with E-state index < -0.39 is 5.41 Å². The molecular formula is C20H25ClN2O. The monoisotopic (exact) mass is 344 g/mol. The van der Waals surface area contributed by atoms with Crippen LogP contribution >= 0.6 is 12.4 Å². The van der Waals surface area contributed by atoms with Gasteiger partial charge < -0.3 is 4.90 Å². The van der Waals surface area contributed by atoms with Gasteiger partial charge in [-0.1, -0.05) is 36.4 Å². The average molecular weight is 345 g/mol. The zero-order chi connectivity index (χ0) is 16.4. The largest absolute Gasteiger partial charge is 0.309 e. The summed E-state index contributed by atoms with van der Waals surface area (Å²) in [6.07, 6.45) is 1.87. The molecule has 2 aromatic rings. The van der Waals surface area contributed by atoms with Crippen LogP contribution in [0.4, 0.5) is 11.4 Å². The lowest BCUT2D eigenvalue weighted by Crippen LogP contribution is -2.36. The third kappa shape index (κ3) is 3.19. The quantitative estimate of drug-likeness (QED) is 0.803. The molecular weight excluding hydrogens is 320 g/mol. The van der Waals surface area contributed by atoms with Crippen LogP contribution in [0.1, 0.15) is 25.3 Å². The van der Waals surface area contributed by atoms with E-state index in [0.717, 1.165) is 36.3 Å². The lowest BCUT2D eigenvalue weighted by atomic mass is 9.79. The molecule has 0 saturated carbocycles. The Bertz CT molecular complexity index is 702. The van der Waals surface area contributed by atoms with Gasteiger partial charge in [0.15, 0.2) is 0 Å². The van der Waals surface area contributed by atoms with Crippen LogP contribution in [0.15, 0.2) is 54.6 Å². The Balaban J connectivity index is 0.00000208. The minimum absolute atomic E-state index is 0. The fourth-order valence-corrected chi connectivity index (χ4v) is 3.43. The van der Waals surface area contributed by atoms with Crippen molar-refractivity contribution in [1.29, 1.82) is 0 Å². The predicted molar refractivity (Wildman–Crippen MR) is 102 cm³/mol. The molecule has 1 unspecified atom stereocenters. The summed E-state index contributed by atoms with van der Waals surface area (Å²) in [5.74, 6) is 0.184. The van der Waals surface area contributed by atoms with E-state index in [1.165, 1.54) is 0 Å². The van der Waals surface area contributed by atoms with Gasteiger partial charge in [0.2, 0.25) is 5.91 Å². The lowest BCUT2D eigenvalue weighted by molar-refractivity contribution is -0.122. The Morgan fingerprint density at radius 3 is 2.29 bits per heavy atom. The smallest absolute Gasteiger partial charge is 0.241 e. The molecule has 1 heterocycles. The molecule has 2 aromatic carbocycles. The number of carbonyl (C=O) groups is 1. The highest BCUT2D eigenvalue weighted by atomic mass is 35.5. The normalized spacial score (nSPS) is 19.3. The van der Waals surface area contributed by atoms with Gasteiger partial charge in [-0.15, -0.1) is 12.4 Å². The second-order valence-corrected chi connectivity index (χ2v) is 6.73. The highest BCUT2D eigenvalue weighted by Gasteiger charge is 2.47. The van der Waals surface area contributed by atoms with E-state index in [1.54, 1.807) is 0 Å². The zero-order valence-electron chi connectivity index (χ0n) is 14.5. The summed E-state index contributed by atoms with van der Waals surface area (Å²) in [7, 11) is 4.14. The zero-order valence-corrected chi connectivity index (χ0v) is 15.3. The molecule has 1 amide bonds. The summed E-state index contributed by atoms with van der Waals surface area (Å²) in [5.41, 5.74) is 2.67. The minimum atomic E-state index is -0.442. The summed E-state index contributed by atoms with van der Waals surface area (Å²) in [6.45, 7) is 3.09. The summed E-state index contributed by atoms with van der Waals surface area (Å²) >= 11 is 0. The van der Waals surface area contributed by atoms with Gasteiger partial charge in [0.25, 0.3) is 0 Å². The van der Waals surface area contributed by atoms with Crippen molar-refractivity contribution in [3.63, 3.8) is 0 Å². The number of benzene rings is 2. The fraction of sp³-hybridized carbons (Fsp3) is 0.350. The van der Waals surface area contributed by atoms with Gasteiger partial charge in [-0.2, -0.15) is 0 Å². The van der Waals surface area contributed by atoms with Crippen LogP contribution < -0.4 is 4.90 Å². The van der Waals surface area contributed by atoms with E-state index >= 15 is 0 Å². The topological polar surface area (TPSA) is 23.6 Å². The highest BCUT2D eigenvalue weighted by Crippen LogP contribution is 2.47. The predicted octanol–water partition coefficient (Wildman–Crippen LogP) is 4.39. The molecule has 1 aliphatic rings. The van der Waals surface area contributed by atoms with Crippen LogP contribution in [0.25, 0.3) is 0 Å². The molecule has 0 aromatic heterocycles. The van der Waals surface area contributed by atoms with Gasteiger partial charge in [-0.3, -0.25) is 9.69 Å². The first-order valence-corrected chi connectivity index (χ1v) is 8.18. The minimum Gasteiger partial charge on any atom is -0.309 e. The first-order chi connectivity index (χ1) is 11.0. The van der Waals surface area contributed by atoms with Crippen LogP contribution in [0.3, 0.4) is 0 Å². The van der Waals surface area contributed by atoms with Gasteiger partial charge >= 0.3 is 0 Å². The van der Waals surface area contributed by atoms with E-state index in [1.807, 2.05) is 47.4 Å². The van der Waals surface area contributed by atoms with E-state index in [4.69, 9.17) is 0 Å². The third-order valence-corrected chi connectivity index (χ3v) is 4.71. The number of hydrogen-bond acceptors (Lipinski definition) is 2. The fourth-order valence-electron chi connectivity index (χ4n) is 3.43. The summed E-state index contributed by atoms with van der Waals surface area (Å²) in [5, 5.41) is 0. The number of halogens is 1. The number of rotatable bonds is 5. The number of amides is 1. The van der Waals surface area contributed by atoms with Crippen molar-refractivity contribution in [2.24, 2.45) is 0 Å². The second-order valence-electron chi connectivity index (χ2n) is 6.73. The average Bonchev–Trinajstić information content (AvgIpc) is 2.77. The van der Waals surface area contributed by atoms with Gasteiger partial charge in [-0.05, 0) is 64.2 Å². The van der Waals surface area contributed by atoms with Gasteiger partial charge in [0.1, 0.15) is 0 Å². The molecule has 3 nitrogen and oxygen atoms in total. The molecule has 128 valence electrons. The Kier molecular flexibility index (Phi) is 5.68. The maximum absolute atomic E-state index is 13.3. The maximum atomic E-state index is 13.3. The molecule has 0 N–H and O–H groups in total. The van der Waals surface area contributed by atoms with E-state index in [9.17, 15) is 4.79 Å². The molecule has 3 rings (SSSR count). The number of hydrogen-bond donors (Lipinski definition) is 0. The SMILES string of the molecule is CN(C)CCCC1(C)C(=O)N(c2ccccc2)c2ccccc21.Cl. The molecule has 1 aliphatic heterocycles. The first kappa shape index (κ1) is 18.5. The van der Waals surface area contributed by atoms with Gasteiger partial charge in [-0.25, -0.2) is 0 Å². The molecule has 0 aliphatic carbocycles. The number of nitrogens with zero attached hydrogens (tertiary/aromatic N) is 2. The number of carbonyl (C=O) groups excluding carboxylic acids is 1. The van der Waals surface area contributed by atoms with Crippen molar-refractivity contribution in [1.82, 2.24) is 4.90 Å². The van der Waals surface area contributed by atoms with Crippen molar-refractivity contribution in [2.75, 3.05) is 25.5 Å². The number of para-hydroxylation sites is 2. The Morgan fingerprint density at radius 2 is 1.62 bits per heavy atom. The molecule has 0 bridgehead atoms. The van der Waals surface area contributed by atoms with Crippen molar-refractivity contribution in [2.45, 2.75) is 25.2 Å².